The minimum absolute atomic E-state index is 0.132. The number of hydrogen-bond donors (Lipinski definition) is 1. The van der Waals surface area contributed by atoms with Crippen LogP contribution in [-0.4, -0.2) is 40.1 Å². The van der Waals surface area contributed by atoms with E-state index >= 15 is 0 Å². The molecule has 3 rings (SSSR count). The molecule has 0 radical (unpaired) electrons. The summed E-state index contributed by atoms with van der Waals surface area (Å²) in [5.74, 6) is -0.132. The van der Waals surface area contributed by atoms with E-state index in [1.54, 1.807) is 18.1 Å². The molecule has 0 spiro atoms. The first-order valence-electron chi connectivity index (χ1n) is 7.41. The maximum absolute atomic E-state index is 12.6. The third-order valence-corrected chi connectivity index (χ3v) is 4.29. The van der Waals surface area contributed by atoms with Gasteiger partial charge in [0.25, 0.3) is 5.91 Å². The van der Waals surface area contributed by atoms with Crippen molar-refractivity contribution in [2.45, 2.75) is 31.3 Å². The van der Waals surface area contributed by atoms with Crippen molar-refractivity contribution in [2.24, 2.45) is 0 Å². The van der Waals surface area contributed by atoms with Gasteiger partial charge >= 0.3 is 0 Å². The molecule has 0 bridgehead atoms. The molecule has 110 valence electrons. The summed E-state index contributed by atoms with van der Waals surface area (Å²) in [6, 6.07) is 9.63. The molecule has 0 atom stereocenters. The summed E-state index contributed by atoms with van der Waals surface area (Å²) in [6.45, 7) is 0.372. The maximum Gasteiger partial charge on any atom is 0.272 e. The van der Waals surface area contributed by atoms with Gasteiger partial charge in [-0.2, -0.15) is 0 Å². The van der Waals surface area contributed by atoms with Crippen LogP contribution < -0.4 is 0 Å². The topological polar surface area (TPSA) is 53.4 Å². The Morgan fingerprint density at radius 2 is 2.00 bits per heavy atom. The molecule has 21 heavy (non-hydrogen) atoms. The van der Waals surface area contributed by atoms with Crippen LogP contribution in [0.4, 0.5) is 0 Å². The summed E-state index contributed by atoms with van der Waals surface area (Å²) in [7, 11) is 1.74. The lowest BCUT2D eigenvalue weighted by molar-refractivity contribution is 0.0155. The molecule has 1 fully saturated rings. The third-order valence-electron chi connectivity index (χ3n) is 4.29. The van der Waals surface area contributed by atoms with Crippen molar-refractivity contribution in [2.75, 3.05) is 13.6 Å². The monoisotopic (exact) mass is 284 g/mol. The van der Waals surface area contributed by atoms with Crippen LogP contribution in [0.1, 0.15) is 36.2 Å². The van der Waals surface area contributed by atoms with Gasteiger partial charge in [0.15, 0.2) is 0 Å². The predicted molar refractivity (Wildman–Crippen MR) is 82.1 cm³/mol. The molecule has 1 heterocycles. The lowest BCUT2D eigenvalue weighted by Gasteiger charge is -2.28. The number of carbonyl (C=O) groups excluding carboxylic acids is 1. The van der Waals surface area contributed by atoms with Crippen molar-refractivity contribution >= 4 is 16.7 Å². The smallest absolute Gasteiger partial charge is 0.272 e. The fourth-order valence-corrected chi connectivity index (χ4v) is 3.18. The zero-order valence-corrected chi connectivity index (χ0v) is 12.2. The zero-order chi connectivity index (χ0) is 14.9. The van der Waals surface area contributed by atoms with Gasteiger partial charge in [0, 0.05) is 25.2 Å². The fraction of sp³-hybridized carbons (Fsp3) is 0.412. The van der Waals surface area contributed by atoms with Gasteiger partial charge in [-0.3, -0.25) is 9.78 Å². The number of pyridine rings is 1. The van der Waals surface area contributed by atoms with Crippen LogP contribution in [-0.2, 0) is 0 Å². The van der Waals surface area contributed by atoms with Crippen molar-refractivity contribution in [1.82, 2.24) is 9.88 Å². The highest BCUT2D eigenvalue weighted by Gasteiger charge is 2.34. The molecule has 1 saturated carbocycles. The highest BCUT2D eigenvalue weighted by molar-refractivity contribution is 6.05. The van der Waals surface area contributed by atoms with Gasteiger partial charge in [0.05, 0.1) is 5.60 Å². The second-order valence-electron chi connectivity index (χ2n) is 5.97. The van der Waals surface area contributed by atoms with E-state index in [9.17, 15) is 9.90 Å². The highest BCUT2D eigenvalue weighted by Crippen LogP contribution is 2.30. The maximum atomic E-state index is 12.6. The highest BCUT2D eigenvalue weighted by atomic mass is 16.3. The van der Waals surface area contributed by atoms with Crippen molar-refractivity contribution in [3.05, 3.63) is 42.2 Å². The van der Waals surface area contributed by atoms with Crippen LogP contribution >= 0.6 is 0 Å². The summed E-state index contributed by atoms with van der Waals surface area (Å²) in [4.78, 5) is 18.5. The Morgan fingerprint density at radius 1 is 1.29 bits per heavy atom. The second kappa shape index (κ2) is 5.45. The quantitative estimate of drug-likeness (QED) is 0.942. The molecule has 1 aliphatic carbocycles. The van der Waals surface area contributed by atoms with E-state index in [-0.39, 0.29) is 5.91 Å². The molecule has 1 aromatic carbocycles. The first-order valence-corrected chi connectivity index (χ1v) is 7.41. The standard InChI is InChI=1S/C17H20N2O2/c1-19(12-17(21)9-4-5-10-17)16(20)15-14-7-3-2-6-13(14)8-11-18-15/h2-3,6-8,11,21H,4-5,9-10,12H2,1H3. The van der Waals surface area contributed by atoms with Crippen LogP contribution in [0, 0.1) is 0 Å². The van der Waals surface area contributed by atoms with E-state index in [0.717, 1.165) is 36.5 Å². The van der Waals surface area contributed by atoms with Crippen LogP contribution in [0.5, 0.6) is 0 Å². The van der Waals surface area contributed by atoms with E-state index < -0.39 is 5.60 Å². The largest absolute Gasteiger partial charge is 0.388 e. The normalized spacial score (nSPS) is 17.0. The molecule has 0 saturated heterocycles. The summed E-state index contributed by atoms with van der Waals surface area (Å²) < 4.78 is 0. The molecule has 2 aromatic rings. The van der Waals surface area contributed by atoms with Crippen LogP contribution in [0.2, 0.25) is 0 Å². The van der Waals surface area contributed by atoms with Crippen LogP contribution in [0.25, 0.3) is 10.8 Å². The minimum atomic E-state index is -0.727. The van der Waals surface area contributed by atoms with E-state index in [4.69, 9.17) is 0 Å². The summed E-state index contributed by atoms with van der Waals surface area (Å²) in [6.07, 6.45) is 5.27. The first kappa shape index (κ1) is 14.0. The molecule has 1 aromatic heterocycles. The van der Waals surface area contributed by atoms with Gasteiger partial charge in [0.1, 0.15) is 5.69 Å². The Bertz CT molecular complexity index is 657. The Balaban J connectivity index is 1.86. The number of benzene rings is 1. The number of amides is 1. The molecule has 4 nitrogen and oxygen atoms in total. The molecule has 1 amide bonds. The molecule has 0 aliphatic heterocycles. The average Bonchev–Trinajstić information content (AvgIpc) is 2.92. The zero-order valence-electron chi connectivity index (χ0n) is 12.2. The second-order valence-corrected chi connectivity index (χ2v) is 5.97. The first-order chi connectivity index (χ1) is 10.1. The van der Waals surface area contributed by atoms with E-state index in [2.05, 4.69) is 4.98 Å². The summed E-state index contributed by atoms with van der Waals surface area (Å²) in [5.41, 5.74) is -0.271. The molecular weight excluding hydrogens is 264 g/mol. The number of likely N-dealkylation sites (N-methyl/N-ethyl adjacent to an activating group) is 1. The lowest BCUT2D eigenvalue weighted by atomic mass is 10.0. The minimum Gasteiger partial charge on any atom is -0.388 e. The van der Waals surface area contributed by atoms with Gasteiger partial charge in [-0.05, 0) is 24.3 Å². The van der Waals surface area contributed by atoms with Crippen molar-refractivity contribution in [3.8, 4) is 0 Å². The van der Waals surface area contributed by atoms with Gasteiger partial charge in [-0.1, -0.05) is 37.1 Å². The lowest BCUT2D eigenvalue weighted by Crippen LogP contribution is -2.42. The summed E-state index contributed by atoms with van der Waals surface area (Å²) in [5, 5.41) is 12.3. The predicted octanol–water partition coefficient (Wildman–Crippen LogP) is 2.61. The third kappa shape index (κ3) is 2.76. The van der Waals surface area contributed by atoms with E-state index in [1.807, 2.05) is 30.3 Å². The number of nitrogens with zero attached hydrogens (tertiary/aromatic N) is 2. The van der Waals surface area contributed by atoms with Gasteiger partial charge in [0.2, 0.25) is 0 Å². The number of rotatable bonds is 3. The van der Waals surface area contributed by atoms with Gasteiger partial charge < -0.3 is 10.0 Å². The molecule has 1 N–H and O–H groups in total. The molecular formula is C17H20N2O2. The number of fused-ring (bicyclic) bond motifs is 1. The van der Waals surface area contributed by atoms with Crippen LogP contribution in [0.15, 0.2) is 36.5 Å². The average molecular weight is 284 g/mol. The SMILES string of the molecule is CN(CC1(O)CCCC1)C(=O)c1nccc2ccccc12. The Hall–Kier alpha value is -1.94. The van der Waals surface area contributed by atoms with Crippen molar-refractivity contribution in [1.29, 1.82) is 0 Å². The van der Waals surface area contributed by atoms with E-state index in [0.29, 0.717) is 12.2 Å². The number of hydrogen-bond acceptors (Lipinski definition) is 3. The van der Waals surface area contributed by atoms with Crippen molar-refractivity contribution in [3.63, 3.8) is 0 Å². The van der Waals surface area contributed by atoms with Gasteiger partial charge in [-0.25, -0.2) is 0 Å². The Labute approximate surface area is 124 Å². The number of carbonyl (C=O) groups is 1. The molecule has 0 unspecified atom stereocenters. The Kier molecular flexibility index (Phi) is 3.64. The Morgan fingerprint density at radius 3 is 2.76 bits per heavy atom. The summed E-state index contributed by atoms with van der Waals surface area (Å²) >= 11 is 0. The molecule has 1 aliphatic rings. The van der Waals surface area contributed by atoms with E-state index in [1.165, 1.54) is 0 Å². The number of aliphatic hydroxyl groups is 1. The molecule has 4 heteroatoms. The van der Waals surface area contributed by atoms with Crippen molar-refractivity contribution < 1.29 is 9.90 Å². The fourth-order valence-electron chi connectivity index (χ4n) is 3.18. The van der Waals surface area contributed by atoms with Crippen LogP contribution in [0.3, 0.4) is 0 Å². The van der Waals surface area contributed by atoms with Gasteiger partial charge in [-0.15, -0.1) is 0 Å². The number of aromatic nitrogens is 1.